The van der Waals surface area contributed by atoms with E-state index in [9.17, 15) is 4.79 Å². The van der Waals surface area contributed by atoms with E-state index in [0.717, 1.165) is 36.1 Å². The standard InChI is InChI=1S/C26H30N4O3/c1-4-6-9-22-16-21(18-32-3)28-30(22)17-19-11-13-20(14-12-19)24-25(26(31)33-5-2)29-15-8-7-10-23(29)27-24/h7-8,10-16H,4-6,9,17-18H2,1-3H3. The van der Waals surface area contributed by atoms with E-state index in [1.165, 1.54) is 5.69 Å². The van der Waals surface area contributed by atoms with Crippen LogP contribution in [0.25, 0.3) is 16.9 Å². The Bertz CT molecular complexity index is 1220. The maximum Gasteiger partial charge on any atom is 0.357 e. The molecule has 4 aromatic rings. The molecule has 1 aromatic carbocycles. The van der Waals surface area contributed by atoms with Crippen molar-refractivity contribution in [3.63, 3.8) is 0 Å². The Hall–Kier alpha value is -3.45. The number of aromatic nitrogens is 4. The van der Waals surface area contributed by atoms with Crippen molar-refractivity contribution in [3.05, 3.63) is 77.4 Å². The second-order valence-corrected chi connectivity index (χ2v) is 7.98. The van der Waals surface area contributed by atoms with Crippen LogP contribution in [0.2, 0.25) is 0 Å². The highest BCUT2D eigenvalue weighted by molar-refractivity contribution is 5.96. The van der Waals surface area contributed by atoms with Crippen LogP contribution in [0.15, 0.2) is 54.7 Å². The highest BCUT2D eigenvalue weighted by Gasteiger charge is 2.21. The van der Waals surface area contributed by atoms with E-state index < -0.39 is 0 Å². The summed E-state index contributed by atoms with van der Waals surface area (Å²) in [7, 11) is 1.69. The van der Waals surface area contributed by atoms with E-state index in [1.807, 2.05) is 36.5 Å². The minimum absolute atomic E-state index is 0.312. The average molecular weight is 447 g/mol. The number of carbonyl (C=O) groups is 1. The Labute approximate surface area is 194 Å². The molecule has 7 heteroatoms. The maximum absolute atomic E-state index is 12.7. The molecule has 3 aromatic heterocycles. The van der Waals surface area contributed by atoms with Gasteiger partial charge >= 0.3 is 5.97 Å². The third kappa shape index (κ3) is 4.98. The summed E-state index contributed by atoms with van der Waals surface area (Å²) in [6, 6.07) is 15.9. The summed E-state index contributed by atoms with van der Waals surface area (Å²) in [4.78, 5) is 17.4. The molecule has 3 heterocycles. The second-order valence-electron chi connectivity index (χ2n) is 7.98. The number of ether oxygens (including phenoxy) is 2. The number of benzene rings is 1. The van der Waals surface area contributed by atoms with Crippen molar-refractivity contribution in [2.24, 2.45) is 0 Å². The molecule has 0 saturated heterocycles. The summed E-state index contributed by atoms with van der Waals surface area (Å²) < 4.78 is 14.4. The highest BCUT2D eigenvalue weighted by atomic mass is 16.5. The molecular formula is C26H30N4O3. The fourth-order valence-electron chi connectivity index (χ4n) is 3.96. The number of esters is 1. The van der Waals surface area contributed by atoms with Crippen LogP contribution in [0.5, 0.6) is 0 Å². The number of unbranched alkanes of at least 4 members (excludes halogenated alkanes) is 1. The summed E-state index contributed by atoms with van der Waals surface area (Å²) in [5, 5.41) is 4.73. The quantitative estimate of drug-likeness (QED) is 0.324. The molecule has 0 unspecified atom stereocenters. The molecule has 0 aliphatic rings. The van der Waals surface area contributed by atoms with E-state index in [1.54, 1.807) is 18.4 Å². The maximum atomic E-state index is 12.7. The summed E-state index contributed by atoms with van der Waals surface area (Å²) in [6.45, 7) is 5.50. The number of pyridine rings is 1. The third-order valence-electron chi connectivity index (χ3n) is 5.55. The van der Waals surface area contributed by atoms with Crippen LogP contribution in [0.1, 0.15) is 54.1 Å². The number of carbonyl (C=O) groups excluding carboxylic acids is 1. The predicted molar refractivity (Wildman–Crippen MR) is 127 cm³/mol. The monoisotopic (exact) mass is 446 g/mol. The van der Waals surface area contributed by atoms with Gasteiger partial charge in [-0.25, -0.2) is 9.78 Å². The van der Waals surface area contributed by atoms with Crippen LogP contribution < -0.4 is 0 Å². The van der Waals surface area contributed by atoms with Crippen molar-refractivity contribution in [2.75, 3.05) is 13.7 Å². The van der Waals surface area contributed by atoms with Crippen LogP contribution in [0, 0.1) is 0 Å². The van der Waals surface area contributed by atoms with E-state index in [0.29, 0.717) is 36.8 Å². The molecule has 0 saturated carbocycles. The van der Waals surface area contributed by atoms with Gasteiger partial charge in [0, 0.05) is 24.6 Å². The number of hydrogen-bond acceptors (Lipinski definition) is 5. The number of fused-ring (bicyclic) bond motifs is 1. The van der Waals surface area contributed by atoms with Gasteiger partial charge < -0.3 is 9.47 Å². The lowest BCUT2D eigenvalue weighted by Gasteiger charge is -2.09. The third-order valence-corrected chi connectivity index (χ3v) is 5.55. The minimum atomic E-state index is -0.377. The lowest BCUT2D eigenvalue weighted by molar-refractivity contribution is 0.0519. The van der Waals surface area contributed by atoms with Crippen LogP contribution in [-0.2, 0) is 29.0 Å². The molecule has 0 atom stereocenters. The fraction of sp³-hybridized carbons (Fsp3) is 0.346. The fourth-order valence-corrected chi connectivity index (χ4v) is 3.96. The first kappa shape index (κ1) is 22.7. The van der Waals surface area contributed by atoms with Gasteiger partial charge in [-0.05, 0) is 43.5 Å². The van der Waals surface area contributed by atoms with Crippen molar-refractivity contribution in [3.8, 4) is 11.3 Å². The zero-order valence-corrected chi connectivity index (χ0v) is 19.5. The van der Waals surface area contributed by atoms with E-state index in [4.69, 9.17) is 19.6 Å². The van der Waals surface area contributed by atoms with Gasteiger partial charge in [-0.2, -0.15) is 5.10 Å². The molecule has 0 spiro atoms. The molecule has 0 amide bonds. The van der Waals surface area contributed by atoms with E-state index in [2.05, 4.69) is 29.8 Å². The molecular weight excluding hydrogens is 416 g/mol. The van der Waals surface area contributed by atoms with Gasteiger partial charge in [0.25, 0.3) is 0 Å². The largest absolute Gasteiger partial charge is 0.461 e. The molecule has 0 aliphatic carbocycles. The molecule has 172 valence electrons. The highest BCUT2D eigenvalue weighted by Crippen LogP contribution is 2.26. The summed E-state index contributed by atoms with van der Waals surface area (Å²) in [5.74, 6) is -0.377. The number of nitrogens with zero attached hydrogens (tertiary/aromatic N) is 4. The summed E-state index contributed by atoms with van der Waals surface area (Å²) in [5.41, 5.74) is 5.95. The molecule has 7 nitrogen and oxygen atoms in total. The van der Waals surface area contributed by atoms with Gasteiger partial charge in [-0.3, -0.25) is 9.08 Å². The van der Waals surface area contributed by atoms with Crippen LogP contribution >= 0.6 is 0 Å². The zero-order chi connectivity index (χ0) is 23.2. The van der Waals surface area contributed by atoms with E-state index in [-0.39, 0.29) is 5.97 Å². The number of rotatable bonds is 10. The SMILES string of the molecule is CCCCc1cc(COC)nn1Cc1ccc(-c2nc3ccccn3c2C(=O)OCC)cc1. The Morgan fingerprint density at radius 1 is 1.09 bits per heavy atom. The lowest BCUT2D eigenvalue weighted by Crippen LogP contribution is -2.09. The van der Waals surface area contributed by atoms with Gasteiger partial charge in [-0.1, -0.05) is 43.7 Å². The second kappa shape index (κ2) is 10.4. The van der Waals surface area contributed by atoms with Crippen LogP contribution in [0.4, 0.5) is 0 Å². The number of methoxy groups -OCH3 is 1. The van der Waals surface area contributed by atoms with Crippen molar-refractivity contribution in [1.82, 2.24) is 19.2 Å². The molecule has 0 bridgehead atoms. The van der Waals surface area contributed by atoms with Gasteiger partial charge in [0.05, 0.1) is 25.5 Å². The van der Waals surface area contributed by atoms with Crippen molar-refractivity contribution >= 4 is 11.6 Å². The smallest absolute Gasteiger partial charge is 0.357 e. The van der Waals surface area contributed by atoms with Crippen LogP contribution in [0.3, 0.4) is 0 Å². The Morgan fingerprint density at radius 3 is 2.64 bits per heavy atom. The van der Waals surface area contributed by atoms with Crippen molar-refractivity contribution < 1.29 is 14.3 Å². The predicted octanol–water partition coefficient (Wildman–Crippen LogP) is 4.91. The molecule has 4 rings (SSSR count). The first-order chi connectivity index (χ1) is 16.1. The zero-order valence-electron chi connectivity index (χ0n) is 19.5. The first-order valence-corrected chi connectivity index (χ1v) is 11.4. The average Bonchev–Trinajstić information content (AvgIpc) is 3.39. The molecule has 0 fully saturated rings. The Morgan fingerprint density at radius 2 is 1.91 bits per heavy atom. The number of imidazole rings is 1. The normalized spacial score (nSPS) is 11.2. The van der Waals surface area contributed by atoms with E-state index >= 15 is 0 Å². The van der Waals surface area contributed by atoms with Gasteiger partial charge in [0.1, 0.15) is 11.3 Å². The number of hydrogen-bond donors (Lipinski definition) is 0. The van der Waals surface area contributed by atoms with Gasteiger partial charge in [0.15, 0.2) is 5.69 Å². The van der Waals surface area contributed by atoms with Crippen molar-refractivity contribution in [2.45, 2.75) is 46.3 Å². The number of aryl methyl sites for hydroxylation is 1. The Kier molecular flexibility index (Phi) is 7.19. The van der Waals surface area contributed by atoms with Crippen LogP contribution in [-0.4, -0.2) is 38.9 Å². The lowest BCUT2D eigenvalue weighted by atomic mass is 10.1. The summed E-state index contributed by atoms with van der Waals surface area (Å²) >= 11 is 0. The first-order valence-electron chi connectivity index (χ1n) is 11.4. The Balaban J connectivity index is 1.63. The van der Waals surface area contributed by atoms with Gasteiger partial charge in [0.2, 0.25) is 0 Å². The minimum Gasteiger partial charge on any atom is -0.461 e. The summed E-state index contributed by atoms with van der Waals surface area (Å²) in [6.07, 6.45) is 5.10. The topological polar surface area (TPSA) is 70.6 Å². The molecule has 33 heavy (non-hydrogen) atoms. The van der Waals surface area contributed by atoms with Crippen molar-refractivity contribution in [1.29, 1.82) is 0 Å². The molecule has 0 aliphatic heterocycles. The molecule has 0 radical (unpaired) electrons. The van der Waals surface area contributed by atoms with Gasteiger partial charge in [-0.15, -0.1) is 0 Å². The molecule has 0 N–H and O–H groups in total.